The molecule has 6 heteroatoms. The first-order valence-electron chi connectivity index (χ1n) is 11.9. The van der Waals surface area contributed by atoms with Crippen LogP contribution in [0.15, 0.2) is 23.8 Å². The SMILES string of the molecule is CCCC1O[C@@H]2CC3[C@@H]4CCC5=CC(=O)C=C[C@]5(C)C4[C@@H](O)C[C@]3(C)[C@]2(C(=O)CN)O1. The van der Waals surface area contributed by atoms with Crippen LogP contribution >= 0.6 is 0 Å². The molecule has 0 aromatic carbocycles. The zero-order chi connectivity index (χ0) is 22.2. The first-order valence-corrected chi connectivity index (χ1v) is 11.9. The van der Waals surface area contributed by atoms with Crippen molar-refractivity contribution in [3.8, 4) is 0 Å². The second kappa shape index (κ2) is 7.08. The zero-order valence-corrected chi connectivity index (χ0v) is 18.8. The number of ether oxygens (including phenoxy) is 2. The number of ketones is 2. The molecular weight excluding hydrogens is 394 g/mol. The minimum atomic E-state index is -1.08. The van der Waals surface area contributed by atoms with Crippen molar-refractivity contribution in [2.45, 2.75) is 83.4 Å². The fourth-order valence-electron chi connectivity index (χ4n) is 8.16. The number of aliphatic hydroxyl groups excluding tert-OH is 1. The highest BCUT2D eigenvalue weighted by Gasteiger charge is 2.75. The Morgan fingerprint density at radius 1 is 1.35 bits per heavy atom. The maximum atomic E-state index is 13.4. The third-order valence-electron chi connectivity index (χ3n) is 9.41. The van der Waals surface area contributed by atoms with Crippen LogP contribution in [0.3, 0.4) is 0 Å². The minimum Gasteiger partial charge on any atom is -0.393 e. The molecule has 4 fully saturated rings. The van der Waals surface area contributed by atoms with E-state index in [-0.39, 0.29) is 53.7 Å². The molecule has 0 bridgehead atoms. The van der Waals surface area contributed by atoms with Gasteiger partial charge in [0.25, 0.3) is 0 Å². The number of rotatable bonds is 4. The number of carbonyl (C=O) groups is 2. The van der Waals surface area contributed by atoms with Gasteiger partial charge in [-0.3, -0.25) is 9.59 Å². The van der Waals surface area contributed by atoms with E-state index in [2.05, 4.69) is 20.8 Å². The van der Waals surface area contributed by atoms with Crippen LogP contribution in [-0.2, 0) is 19.1 Å². The van der Waals surface area contributed by atoms with E-state index in [0.29, 0.717) is 6.42 Å². The second-order valence-corrected chi connectivity index (χ2v) is 10.8. The van der Waals surface area contributed by atoms with Gasteiger partial charge in [0.1, 0.15) is 0 Å². The fourth-order valence-corrected chi connectivity index (χ4v) is 8.16. The van der Waals surface area contributed by atoms with Crippen molar-refractivity contribution in [3.63, 3.8) is 0 Å². The van der Waals surface area contributed by atoms with Crippen LogP contribution in [0.4, 0.5) is 0 Å². The molecular formula is C25H35NO5. The van der Waals surface area contributed by atoms with Crippen LogP contribution in [0.25, 0.3) is 0 Å². The van der Waals surface area contributed by atoms with Gasteiger partial charge in [0, 0.05) is 16.7 Å². The minimum absolute atomic E-state index is 0.0187. The van der Waals surface area contributed by atoms with Crippen LogP contribution in [0.5, 0.6) is 0 Å². The molecule has 4 aliphatic carbocycles. The number of aliphatic hydroxyl groups is 1. The van der Waals surface area contributed by atoms with Crippen molar-refractivity contribution in [1.82, 2.24) is 0 Å². The Balaban J connectivity index is 1.55. The number of fused-ring (bicyclic) bond motifs is 7. The van der Waals surface area contributed by atoms with Crippen molar-refractivity contribution < 1.29 is 24.2 Å². The summed E-state index contributed by atoms with van der Waals surface area (Å²) >= 11 is 0. The molecule has 0 spiro atoms. The quantitative estimate of drug-likeness (QED) is 0.713. The third-order valence-corrected chi connectivity index (χ3v) is 9.41. The van der Waals surface area contributed by atoms with Gasteiger partial charge in [-0.1, -0.05) is 38.8 Å². The lowest BCUT2D eigenvalue weighted by Crippen LogP contribution is -2.64. The monoisotopic (exact) mass is 429 g/mol. The van der Waals surface area contributed by atoms with Gasteiger partial charge in [-0.25, -0.2) is 0 Å². The van der Waals surface area contributed by atoms with Crippen molar-refractivity contribution >= 4 is 11.6 Å². The molecule has 3 unspecified atom stereocenters. The summed E-state index contributed by atoms with van der Waals surface area (Å²) in [5, 5.41) is 11.6. The first-order chi connectivity index (χ1) is 14.7. The van der Waals surface area contributed by atoms with Gasteiger partial charge in [-0.2, -0.15) is 0 Å². The average Bonchev–Trinajstić information content (AvgIpc) is 3.20. The Hall–Kier alpha value is -1.34. The normalized spacial score (nSPS) is 50.4. The van der Waals surface area contributed by atoms with Gasteiger partial charge < -0.3 is 20.3 Å². The molecule has 31 heavy (non-hydrogen) atoms. The summed E-state index contributed by atoms with van der Waals surface area (Å²) in [5.41, 5.74) is 5.10. The Labute approximate surface area is 184 Å². The summed E-state index contributed by atoms with van der Waals surface area (Å²) in [6.45, 7) is 6.27. The molecule has 6 nitrogen and oxygen atoms in total. The first kappa shape index (κ1) is 21.5. The average molecular weight is 430 g/mol. The largest absolute Gasteiger partial charge is 0.393 e. The van der Waals surface area contributed by atoms with Crippen LogP contribution in [0.1, 0.15) is 59.3 Å². The molecule has 170 valence electrons. The standard InChI is InChI=1S/C25H35NO5/c1-4-5-21-30-20-11-17-16-7-6-14-10-15(27)8-9-23(14,2)22(16)18(28)12-24(17,3)25(20,31-21)19(29)13-26/h8-10,16-18,20-22,28H,4-7,11-13,26H2,1-3H3/t16-,17?,18-,20+,21?,22?,23-,24-,25+/m0/s1. The summed E-state index contributed by atoms with van der Waals surface area (Å²) < 4.78 is 12.8. The maximum Gasteiger partial charge on any atom is 0.181 e. The van der Waals surface area contributed by atoms with Gasteiger partial charge in [-0.15, -0.1) is 0 Å². The number of hydrogen-bond donors (Lipinski definition) is 2. The van der Waals surface area contributed by atoms with Gasteiger partial charge >= 0.3 is 0 Å². The van der Waals surface area contributed by atoms with E-state index >= 15 is 0 Å². The predicted octanol–water partition coefficient (Wildman–Crippen LogP) is 2.68. The highest BCUT2D eigenvalue weighted by atomic mass is 16.7. The van der Waals surface area contributed by atoms with E-state index in [0.717, 1.165) is 37.7 Å². The Bertz CT molecular complexity index is 866. The summed E-state index contributed by atoms with van der Waals surface area (Å²) in [7, 11) is 0. The van der Waals surface area contributed by atoms with Gasteiger partial charge in [0.2, 0.25) is 0 Å². The van der Waals surface area contributed by atoms with Crippen LogP contribution in [-0.4, -0.2) is 47.3 Å². The molecule has 1 aliphatic heterocycles. The number of allylic oxidation sites excluding steroid dienone is 4. The molecule has 5 aliphatic rings. The lowest BCUT2D eigenvalue weighted by Gasteiger charge is -2.59. The summed E-state index contributed by atoms with van der Waals surface area (Å²) in [6, 6.07) is 0. The lowest BCUT2D eigenvalue weighted by molar-refractivity contribution is -0.198. The van der Waals surface area contributed by atoms with Crippen molar-refractivity contribution in [1.29, 1.82) is 0 Å². The molecule has 1 heterocycles. The third kappa shape index (κ3) is 2.65. The van der Waals surface area contributed by atoms with Crippen molar-refractivity contribution in [2.24, 2.45) is 34.3 Å². The van der Waals surface area contributed by atoms with Crippen LogP contribution in [0, 0.1) is 28.6 Å². The smallest absolute Gasteiger partial charge is 0.181 e. The number of Topliss-reactive ketones (excluding diaryl/α,β-unsaturated/α-hetero) is 1. The highest BCUT2D eigenvalue weighted by molar-refractivity contribution is 6.01. The molecule has 3 saturated carbocycles. The molecule has 1 saturated heterocycles. The fraction of sp³-hybridized carbons (Fsp3) is 0.760. The van der Waals surface area contributed by atoms with Crippen molar-refractivity contribution in [3.05, 3.63) is 23.8 Å². The van der Waals surface area contributed by atoms with Crippen LogP contribution in [0.2, 0.25) is 0 Å². The maximum absolute atomic E-state index is 13.4. The van der Waals surface area contributed by atoms with E-state index in [1.165, 1.54) is 0 Å². The number of hydrogen-bond acceptors (Lipinski definition) is 6. The molecule has 9 atom stereocenters. The lowest BCUT2D eigenvalue weighted by atomic mass is 9.46. The van der Waals surface area contributed by atoms with Gasteiger partial charge in [0.15, 0.2) is 23.5 Å². The topological polar surface area (TPSA) is 98.9 Å². The molecule has 0 amide bonds. The van der Waals surface area contributed by atoms with E-state index in [4.69, 9.17) is 15.2 Å². The van der Waals surface area contributed by atoms with E-state index in [1.54, 1.807) is 12.2 Å². The predicted molar refractivity (Wildman–Crippen MR) is 115 cm³/mol. The second-order valence-electron chi connectivity index (χ2n) is 10.8. The molecule has 0 aromatic rings. The molecule has 3 N–H and O–H groups in total. The van der Waals surface area contributed by atoms with E-state index < -0.39 is 17.1 Å². The Kier molecular flexibility index (Phi) is 4.91. The number of carbonyl (C=O) groups excluding carboxylic acids is 2. The molecule has 0 aromatic heterocycles. The summed E-state index contributed by atoms with van der Waals surface area (Å²) in [4.78, 5) is 25.3. The van der Waals surface area contributed by atoms with Gasteiger partial charge in [0.05, 0.1) is 18.8 Å². The van der Waals surface area contributed by atoms with E-state index in [9.17, 15) is 14.7 Å². The van der Waals surface area contributed by atoms with Crippen molar-refractivity contribution in [2.75, 3.05) is 6.54 Å². The highest BCUT2D eigenvalue weighted by Crippen LogP contribution is 2.69. The van der Waals surface area contributed by atoms with Gasteiger partial charge in [-0.05, 0) is 56.1 Å². The van der Waals surface area contributed by atoms with Crippen LogP contribution < -0.4 is 5.73 Å². The molecule has 5 rings (SSSR count). The summed E-state index contributed by atoms with van der Waals surface area (Å²) in [5.74, 6) is 0.391. The van der Waals surface area contributed by atoms with E-state index in [1.807, 2.05) is 6.08 Å². The Morgan fingerprint density at radius 3 is 2.84 bits per heavy atom. The molecule has 0 radical (unpaired) electrons. The summed E-state index contributed by atoms with van der Waals surface area (Å²) in [6.07, 6.45) is 8.78. The zero-order valence-electron chi connectivity index (χ0n) is 18.8. The Morgan fingerprint density at radius 2 is 2.13 bits per heavy atom. The number of nitrogens with two attached hydrogens (primary N) is 1.